The SMILES string of the molecule is N#Cc1ccc(NC(=O)CN2CCNCC2C(=O)O)cc1. The number of benzene rings is 1. The van der Waals surface area contributed by atoms with Crippen molar-refractivity contribution >= 4 is 17.6 Å². The summed E-state index contributed by atoms with van der Waals surface area (Å²) >= 11 is 0. The van der Waals surface area contributed by atoms with Crippen LogP contribution in [0.3, 0.4) is 0 Å². The molecule has 0 spiro atoms. The summed E-state index contributed by atoms with van der Waals surface area (Å²) in [6.07, 6.45) is 0. The van der Waals surface area contributed by atoms with Crippen LogP contribution in [0.4, 0.5) is 5.69 Å². The van der Waals surface area contributed by atoms with Gasteiger partial charge < -0.3 is 15.7 Å². The van der Waals surface area contributed by atoms with E-state index < -0.39 is 12.0 Å². The first-order chi connectivity index (χ1) is 10.1. The number of rotatable bonds is 4. The van der Waals surface area contributed by atoms with Gasteiger partial charge in [-0.15, -0.1) is 0 Å². The lowest BCUT2D eigenvalue weighted by Crippen LogP contribution is -2.56. The summed E-state index contributed by atoms with van der Waals surface area (Å²) < 4.78 is 0. The lowest BCUT2D eigenvalue weighted by molar-refractivity contribution is -0.144. The van der Waals surface area contributed by atoms with Crippen LogP contribution >= 0.6 is 0 Å². The fourth-order valence-electron chi connectivity index (χ4n) is 2.19. The molecule has 2 rings (SSSR count). The number of nitrogens with one attached hydrogen (secondary N) is 2. The summed E-state index contributed by atoms with van der Waals surface area (Å²) in [5, 5.41) is 23.5. The second-order valence-corrected chi connectivity index (χ2v) is 4.77. The Bertz CT molecular complexity index is 565. The summed E-state index contributed by atoms with van der Waals surface area (Å²) in [5.41, 5.74) is 1.10. The number of carbonyl (C=O) groups excluding carboxylic acids is 1. The Balaban J connectivity index is 1.93. The van der Waals surface area contributed by atoms with Crippen molar-refractivity contribution in [1.29, 1.82) is 5.26 Å². The second-order valence-electron chi connectivity index (χ2n) is 4.77. The molecule has 1 amide bonds. The minimum Gasteiger partial charge on any atom is -0.480 e. The molecule has 1 atom stereocenters. The van der Waals surface area contributed by atoms with E-state index in [2.05, 4.69) is 10.6 Å². The zero-order chi connectivity index (χ0) is 15.2. The van der Waals surface area contributed by atoms with Gasteiger partial charge in [0.2, 0.25) is 5.91 Å². The van der Waals surface area contributed by atoms with Crippen LogP contribution in [-0.4, -0.2) is 54.1 Å². The maximum atomic E-state index is 12.0. The van der Waals surface area contributed by atoms with Gasteiger partial charge in [0.25, 0.3) is 0 Å². The standard InChI is InChI=1S/C14H16N4O3/c15-7-10-1-3-11(4-2-10)17-13(19)9-18-6-5-16-8-12(18)14(20)21/h1-4,12,16H,5-6,8-9H2,(H,17,19)(H,20,21). The number of carboxylic acid groups (broad SMARTS) is 1. The molecule has 3 N–H and O–H groups in total. The topological polar surface area (TPSA) is 105 Å². The normalized spacial score (nSPS) is 18.7. The highest BCUT2D eigenvalue weighted by Gasteiger charge is 2.29. The highest BCUT2D eigenvalue weighted by molar-refractivity contribution is 5.92. The Morgan fingerprint density at radius 2 is 2.14 bits per heavy atom. The number of hydrogen-bond acceptors (Lipinski definition) is 5. The van der Waals surface area contributed by atoms with Gasteiger partial charge in [0.15, 0.2) is 0 Å². The molecule has 1 aliphatic rings. The number of anilines is 1. The van der Waals surface area contributed by atoms with E-state index >= 15 is 0 Å². The maximum absolute atomic E-state index is 12.0. The first-order valence-electron chi connectivity index (χ1n) is 6.58. The lowest BCUT2D eigenvalue weighted by atomic mass is 10.2. The van der Waals surface area contributed by atoms with Crippen LogP contribution in [0.2, 0.25) is 0 Å². The molecule has 0 radical (unpaired) electrons. The molecule has 1 unspecified atom stereocenters. The highest BCUT2D eigenvalue weighted by atomic mass is 16.4. The predicted octanol–water partition coefficient (Wildman–Crippen LogP) is -0.145. The molecule has 21 heavy (non-hydrogen) atoms. The summed E-state index contributed by atoms with van der Waals surface area (Å²) in [6, 6.07) is 7.82. The summed E-state index contributed by atoms with van der Waals surface area (Å²) in [6.45, 7) is 1.53. The Morgan fingerprint density at radius 1 is 1.43 bits per heavy atom. The fourth-order valence-corrected chi connectivity index (χ4v) is 2.19. The fraction of sp³-hybridized carbons (Fsp3) is 0.357. The Kier molecular flexibility index (Phi) is 4.87. The van der Waals surface area contributed by atoms with Crippen molar-refractivity contribution in [2.45, 2.75) is 6.04 Å². The van der Waals surface area contributed by atoms with Crippen molar-refractivity contribution < 1.29 is 14.7 Å². The van der Waals surface area contributed by atoms with E-state index in [1.54, 1.807) is 29.2 Å². The quantitative estimate of drug-likeness (QED) is 0.712. The highest BCUT2D eigenvalue weighted by Crippen LogP contribution is 2.09. The van der Waals surface area contributed by atoms with Gasteiger partial charge in [0.1, 0.15) is 6.04 Å². The molecule has 0 saturated carbocycles. The molecule has 0 aromatic heterocycles. The first kappa shape index (κ1) is 15.0. The number of carboxylic acids is 1. The Labute approximate surface area is 122 Å². The van der Waals surface area contributed by atoms with E-state index in [0.29, 0.717) is 30.9 Å². The third-order valence-electron chi connectivity index (χ3n) is 3.28. The molecule has 0 bridgehead atoms. The molecule has 110 valence electrons. The molecule has 7 nitrogen and oxygen atoms in total. The molecular weight excluding hydrogens is 272 g/mol. The largest absolute Gasteiger partial charge is 0.480 e. The third kappa shape index (κ3) is 4.02. The summed E-state index contributed by atoms with van der Waals surface area (Å²) in [5.74, 6) is -1.21. The van der Waals surface area contributed by atoms with Crippen molar-refractivity contribution in [3.05, 3.63) is 29.8 Å². The van der Waals surface area contributed by atoms with Gasteiger partial charge in [0.05, 0.1) is 18.2 Å². The van der Waals surface area contributed by atoms with Gasteiger partial charge in [-0.25, -0.2) is 0 Å². The molecule has 1 heterocycles. The Hall–Kier alpha value is -2.43. The number of carbonyl (C=O) groups is 2. The summed E-state index contributed by atoms with van der Waals surface area (Å²) in [7, 11) is 0. The van der Waals surface area contributed by atoms with Crippen molar-refractivity contribution in [2.75, 3.05) is 31.5 Å². The number of aliphatic carboxylic acids is 1. The smallest absolute Gasteiger partial charge is 0.322 e. The number of amides is 1. The maximum Gasteiger partial charge on any atom is 0.322 e. The Morgan fingerprint density at radius 3 is 2.76 bits per heavy atom. The van der Waals surface area contributed by atoms with Crippen LogP contribution in [0, 0.1) is 11.3 Å². The van der Waals surface area contributed by atoms with Crippen LogP contribution < -0.4 is 10.6 Å². The van der Waals surface area contributed by atoms with Crippen LogP contribution in [-0.2, 0) is 9.59 Å². The van der Waals surface area contributed by atoms with Gasteiger partial charge in [-0.2, -0.15) is 5.26 Å². The molecule has 1 aromatic carbocycles. The molecule has 1 aliphatic heterocycles. The minimum atomic E-state index is -0.937. The number of nitrogens with zero attached hydrogens (tertiary/aromatic N) is 2. The molecule has 7 heteroatoms. The molecule has 1 saturated heterocycles. The van der Waals surface area contributed by atoms with E-state index in [-0.39, 0.29) is 12.5 Å². The van der Waals surface area contributed by atoms with Crippen LogP contribution in [0.5, 0.6) is 0 Å². The zero-order valence-electron chi connectivity index (χ0n) is 11.4. The number of nitriles is 1. The van der Waals surface area contributed by atoms with Gasteiger partial charge in [-0.1, -0.05) is 0 Å². The zero-order valence-corrected chi connectivity index (χ0v) is 11.4. The van der Waals surface area contributed by atoms with Crippen LogP contribution in [0.15, 0.2) is 24.3 Å². The predicted molar refractivity (Wildman–Crippen MR) is 75.7 cm³/mol. The first-order valence-corrected chi connectivity index (χ1v) is 6.58. The van der Waals surface area contributed by atoms with Crippen molar-refractivity contribution in [3.63, 3.8) is 0 Å². The van der Waals surface area contributed by atoms with Gasteiger partial charge in [-0.05, 0) is 24.3 Å². The average molecular weight is 288 g/mol. The van der Waals surface area contributed by atoms with E-state index in [4.69, 9.17) is 10.4 Å². The molecular formula is C14H16N4O3. The van der Waals surface area contributed by atoms with E-state index in [1.165, 1.54) is 0 Å². The van der Waals surface area contributed by atoms with Crippen LogP contribution in [0.1, 0.15) is 5.56 Å². The van der Waals surface area contributed by atoms with Crippen molar-refractivity contribution in [2.24, 2.45) is 0 Å². The average Bonchev–Trinajstić information content (AvgIpc) is 2.48. The molecule has 1 fully saturated rings. The minimum absolute atomic E-state index is 0.0264. The monoisotopic (exact) mass is 288 g/mol. The number of piperazine rings is 1. The third-order valence-corrected chi connectivity index (χ3v) is 3.28. The molecule has 1 aromatic rings. The van der Waals surface area contributed by atoms with E-state index in [1.807, 2.05) is 6.07 Å². The lowest BCUT2D eigenvalue weighted by Gasteiger charge is -2.32. The van der Waals surface area contributed by atoms with Gasteiger partial charge in [0, 0.05) is 25.3 Å². The van der Waals surface area contributed by atoms with E-state index in [0.717, 1.165) is 0 Å². The van der Waals surface area contributed by atoms with Gasteiger partial charge >= 0.3 is 5.97 Å². The van der Waals surface area contributed by atoms with Crippen LogP contribution in [0.25, 0.3) is 0 Å². The van der Waals surface area contributed by atoms with E-state index in [9.17, 15) is 9.59 Å². The number of hydrogen-bond donors (Lipinski definition) is 3. The molecule has 0 aliphatic carbocycles. The summed E-state index contributed by atoms with van der Waals surface area (Å²) in [4.78, 5) is 24.7. The second kappa shape index (κ2) is 6.83. The van der Waals surface area contributed by atoms with Crippen molar-refractivity contribution in [1.82, 2.24) is 10.2 Å². The van der Waals surface area contributed by atoms with Gasteiger partial charge in [-0.3, -0.25) is 14.5 Å². The van der Waals surface area contributed by atoms with Crippen molar-refractivity contribution in [3.8, 4) is 6.07 Å².